The van der Waals surface area contributed by atoms with Crippen LogP contribution in [-0.4, -0.2) is 85.6 Å². The molecule has 0 amide bonds. The fraction of sp³-hybridized carbons (Fsp3) is 0.464. The number of aryl methyl sites for hydroxylation is 1. The molecule has 9 nitrogen and oxygen atoms in total. The average molecular weight is 553 g/mol. The summed E-state index contributed by atoms with van der Waals surface area (Å²) in [5.74, 6) is 0.174. The number of halogens is 1. The second kappa shape index (κ2) is 11.3. The van der Waals surface area contributed by atoms with E-state index in [1.165, 1.54) is 0 Å². The molecule has 5 heterocycles. The Bertz CT molecular complexity index is 1380. The third-order valence-electron chi connectivity index (χ3n) is 7.33. The van der Waals surface area contributed by atoms with E-state index in [4.69, 9.17) is 29.9 Å². The molecule has 1 atom stereocenters. The fourth-order valence-corrected chi connectivity index (χ4v) is 6.42. The van der Waals surface area contributed by atoms with E-state index in [2.05, 4.69) is 20.9 Å². The number of anilines is 1. The largest absolute Gasteiger partial charge is 0.398 e. The van der Waals surface area contributed by atoms with Gasteiger partial charge in [-0.3, -0.25) is 4.90 Å². The third kappa shape index (κ3) is 5.68. The molecule has 39 heavy (non-hydrogen) atoms. The van der Waals surface area contributed by atoms with Gasteiger partial charge in [0.25, 0.3) is 5.95 Å². The minimum absolute atomic E-state index is 0.278. The topological polar surface area (TPSA) is 98.3 Å². The van der Waals surface area contributed by atoms with Crippen LogP contribution in [-0.2, 0) is 20.8 Å². The van der Waals surface area contributed by atoms with Gasteiger partial charge < -0.3 is 24.8 Å². The Morgan fingerprint density at radius 3 is 2.77 bits per heavy atom. The minimum Gasteiger partial charge on any atom is -0.398 e. The van der Waals surface area contributed by atoms with Gasteiger partial charge >= 0.3 is 0 Å². The summed E-state index contributed by atoms with van der Waals surface area (Å²) in [4.78, 5) is 19.5. The van der Waals surface area contributed by atoms with Crippen molar-refractivity contribution in [2.24, 2.45) is 10.7 Å². The van der Waals surface area contributed by atoms with Crippen molar-refractivity contribution >= 4 is 45.2 Å². The molecule has 3 aliphatic heterocycles. The summed E-state index contributed by atoms with van der Waals surface area (Å²) >= 11 is 1.65. The lowest BCUT2D eigenvalue weighted by molar-refractivity contribution is -0.225. The lowest BCUT2D eigenvalue weighted by Gasteiger charge is -2.40. The van der Waals surface area contributed by atoms with E-state index in [-0.39, 0.29) is 6.54 Å². The first-order chi connectivity index (χ1) is 19.0. The van der Waals surface area contributed by atoms with E-state index in [0.29, 0.717) is 57.6 Å². The molecule has 2 aromatic heterocycles. The molecule has 0 bridgehead atoms. The number of morpholine rings is 1. The number of hydrogen-bond donors (Lipinski definition) is 1. The maximum atomic E-state index is 15.0. The smallest absolute Gasteiger partial charge is 0.251 e. The molecule has 1 spiro atoms. The second-order valence-corrected chi connectivity index (χ2v) is 11.2. The molecule has 0 aliphatic carbocycles. The third-order valence-corrected chi connectivity index (χ3v) is 8.43. The van der Waals surface area contributed by atoms with Crippen molar-refractivity contribution in [3.63, 3.8) is 0 Å². The van der Waals surface area contributed by atoms with Crippen LogP contribution < -0.4 is 10.6 Å². The van der Waals surface area contributed by atoms with Crippen molar-refractivity contribution in [3.8, 4) is 0 Å². The van der Waals surface area contributed by atoms with Crippen LogP contribution >= 0.6 is 11.3 Å². The fourth-order valence-electron chi connectivity index (χ4n) is 5.27. The Balaban J connectivity index is 1.24. The van der Waals surface area contributed by atoms with Gasteiger partial charge in [0.15, 0.2) is 12.0 Å². The Labute approximate surface area is 231 Å². The number of ether oxygens (including phenoxy) is 3. The van der Waals surface area contributed by atoms with Crippen LogP contribution in [0.5, 0.6) is 0 Å². The maximum Gasteiger partial charge on any atom is 0.251 e. The molecule has 3 aliphatic rings. The number of likely N-dealkylation sites (tertiary alicyclic amines) is 1. The van der Waals surface area contributed by atoms with Crippen molar-refractivity contribution in [1.82, 2.24) is 14.9 Å². The molecule has 1 unspecified atom stereocenters. The Morgan fingerprint density at radius 2 is 2.00 bits per heavy atom. The predicted octanol–water partition coefficient (Wildman–Crippen LogP) is 3.83. The molecule has 3 fully saturated rings. The van der Waals surface area contributed by atoms with Crippen LogP contribution in [0, 0.1) is 6.92 Å². The number of thiophene rings is 1. The zero-order valence-electron chi connectivity index (χ0n) is 22.0. The number of benzene rings is 1. The van der Waals surface area contributed by atoms with Crippen LogP contribution in [0.1, 0.15) is 22.4 Å². The molecule has 6 rings (SSSR count). The minimum atomic E-state index is -1.17. The van der Waals surface area contributed by atoms with Crippen molar-refractivity contribution < 1.29 is 18.6 Å². The summed E-state index contributed by atoms with van der Waals surface area (Å²) in [5, 5.41) is 0. The van der Waals surface area contributed by atoms with Gasteiger partial charge in [-0.15, -0.1) is 11.3 Å². The van der Waals surface area contributed by atoms with Gasteiger partial charge in [-0.2, -0.15) is 4.98 Å². The lowest BCUT2D eigenvalue weighted by atomic mass is 10.0. The number of hydrogen-bond acceptors (Lipinski definition) is 10. The first-order valence-electron chi connectivity index (χ1n) is 13.3. The van der Waals surface area contributed by atoms with Crippen LogP contribution in [0.3, 0.4) is 0 Å². The zero-order valence-corrected chi connectivity index (χ0v) is 22.8. The van der Waals surface area contributed by atoms with E-state index in [0.717, 1.165) is 45.1 Å². The normalized spacial score (nSPS) is 22.5. The van der Waals surface area contributed by atoms with Crippen molar-refractivity contribution in [2.45, 2.75) is 31.8 Å². The number of nitrogens with zero attached hydrogens (tertiary/aromatic N) is 5. The molecule has 11 heteroatoms. The molecule has 206 valence electrons. The molecule has 0 radical (unpaired) electrons. The summed E-state index contributed by atoms with van der Waals surface area (Å²) < 4.78 is 32.8. The van der Waals surface area contributed by atoms with E-state index >= 15 is 4.39 Å². The van der Waals surface area contributed by atoms with Gasteiger partial charge in [-0.1, -0.05) is 23.8 Å². The number of allylic oxidation sites excluding steroid dienone is 1. The zero-order chi connectivity index (χ0) is 26.8. The van der Waals surface area contributed by atoms with E-state index in [1.807, 2.05) is 31.2 Å². The highest BCUT2D eigenvalue weighted by atomic mass is 32.1. The number of alkyl halides is 1. The van der Waals surface area contributed by atoms with Crippen molar-refractivity contribution in [1.29, 1.82) is 0 Å². The van der Waals surface area contributed by atoms with Crippen LogP contribution in [0.15, 0.2) is 41.4 Å². The Morgan fingerprint density at radius 1 is 1.18 bits per heavy atom. The number of nitrogens with two attached hydrogens (primary N) is 1. The number of aromatic nitrogens is 2. The number of fused-ring (bicyclic) bond motifs is 1. The molecule has 0 saturated carbocycles. The summed E-state index contributed by atoms with van der Waals surface area (Å²) in [7, 11) is 0. The predicted molar refractivity (Wildman–Crippen MR) is 151 cm³/mol. The van der Waals surface area contributed by atoms with Gasteiger partial charge in [0.2, 0.25) is 5.79 Å². The van der Waals surface area contributed by atoms with Crippen molar-refractivity contribution in [2.75, 3.05) is 57.5 Å². The van der Waals surface area contributed by atoms with Gasteiger partial charge in [0.1, 0.15) is 0 Å². The van der Waals surface area contributed by atoms with E-state index in [9.17, 15) is 0 Å². The monoisotopic (exact) mass is 552 g/mol. The average Bonchev–Trinajstić information content (AvgIpc) is 3.58. The van der Waals surface area contributed by atoms with E-state index in [1.54, 1.807) is 23.6 Å². The number of aliphatic imine (C=N–C) groups is 1. The van der Waals surface area contributed by atoms with Crippen molar-refractivity contribution in [3.05, 3.63) is 52.4 Å². The van der Waals surface area contributed by atoms with Crippen LogP contribution in [0.25, 0.3) is 15.9 Å². The standard InChI is InChI=1S/C28H33FN6O3S/c1-19-3-2-4-20(15-19)22(30)5-7-31-27-32-23-16-21(39-25(23)26(33-27)35-9-11-36-12-10-35)17-34-8-6-28(24(29)18-34)37-13-14-38-28/h2-5,7,15-16,24H,6,8-14,17-18,30H2,1H3/b22-5-,31-7+. The van der Waals surface area contributed by atoms with Gasteiger partial charge in [-0.25, -0.2) is 14.4 Å². The molecule has 3 saturated heterocycles. The highest BCUT2D eigenvalue weighted by Crippen LogP contribution is 2.37. The van der Waals surface area contributed by atoms with E-state index < -0.39 is 12.0 Å². The summed E-state index contributed by atoms with van der Waals surface area (Å²) in [6, 6.07) is 10.1. The van der Waals surface area contributed by atoms with Gasteiger partial charge in [-0.05, 0) is 30.7 Å². The van der Waals surface area contributed by atoms with Crippen LogP contribution in [0.2, 0.25) is 0 Å². The molecule has 2 N–H and O–H groups in total. The first kappa shape index (κ1) is 26.3. The highest BCUT2D eigenvalue weighted by Gasteiger charge is 2.48. The lowest BCUT2D eigenvalue weighted by Crippen LogP contribution is -2.53. The molecular weight excluding hydrogens is 519 g/mol. The summed E-state index contributed by atoms with van der Waals surface area (Å²) in [5.41, 5.74) is 9.81. The Hall–Kier alpha value is -2.96. The van der Waals surface area contributed by atoms with Gasteiger partial charge in [0, 0.05) is 55.9 Å². The molecule has 3 aromatic rings. The highest BCUT2D eigenvalue weighted by molar-refractivity contribution is 7.19. The SMILES string of the molecule is Cc1cccc(/C(N)=C/C=N/c2nc(N3CCOCC3)c3sc(CN4CCC5(OCCO5)C(F)C4)cc3n2)c1. The molecule has 1 aromatic carbocycles. The molecular formula is C28H33FN6O3S. The second-order valence-electron chi connectivity index (χ2n) is 10.1. The quantitative estimate of drug-likeness (QED) is 0.461. The summed E-state index contributed by atoms with van der Waals surface area (Å²) in [6.45, 7) is 7.37. The number of rotatable bonds is 6. The Kier molecular flexibility index (Phi) is 7.59. The van der Waals surface area contributed by atoms with Crippen LogP contribution in [0.4, 0.5) is 16.2 Å². The number of piperidine rings is 1. The van der Waals surface area contributed by atoms with Gasteiger partial charge in [0.05, 0.1) is 36.6 Å². The summed E-state index contributed by atoms with van der Waals surface area (Å²) in [6.07, 6.45) is 2.76. The first-order valence-corrected chi connectivity index (χ1v) is 14.2. The maximum absolute atomic E-state index is 15.0.